The molecule has 2 aromatic heterocycles. The van der Waals surface area contributed by atoms with Crippen LogP contribution < -0.4 is 22.3 Å². The molecule has 194 valence electrons. The molecule has 3 aromatic rings. The summed E-state index contributed by atoms with van der Waals surface area (Å²) in [4.78, 5) is 43.1. The van der Waals surface area contributed by atoms with Crippen molar-refractivity contribution < 1.29 is 14.6 Å². The van der Waals surface area contributed by atoms with Crippen molar-refractivity contribution >= 4 is 46.2 Å². The topological polar surface area (TPSA) is 146 Å². The number of nitrogens with two attached hydrogens (primary N) is 1. The van der Waals surface area contributed by atoms with Crippen molar-refractivity contribution in [2.24, 2.45) is 18.7 Å². The number of imidazole rings is 1. The summed E-state index contributed by atoms with van der Waals surface area (Å²) >= 11 is 12.1. The van der Waals surface area contributed by atoms with E-state index in [1.165, 1.54) is 23.3 Å². The Morgan fingerprint density at radius 1 is 1.28 bits per heavy atom. The Morgan fingerprint density at radius 3 is 2.69 bits per heavy atom. The molecule has 36 heavy (non-hydrogen) atoms. The van der Waals surface area contributed by atoms with Crippen LogP contribution in [0, 0.1) is 5.92 Å². The summed E-state index contributed by atoms with van der Waals surface area (Å²) in [5, 5.41) is 14.1. The molecule has 0 radical (unpaired) electrons. The van der Waals surface area contributed by atoms with Crippen LogP contribution in [0.4, 0.5) is 5.95 Å². The molecule has 3 atom stereocenters. The number of methoxy groups -OCH3 is 1. The molecular formula is C23H28Cl2N6O5. The number of primary amides is 1. The molecule has 0 bridgehead atoms. The molecule has 0 spiro atoms. The SMILES string of the molecule is COC(O)C1CCCC(Nc2nc3c(c(=O)n(Cc4ccc(Cl)c(Cl)c4)c(=O)n3C)n2CC(N)=O)C1. The first-order valence-corrected chi connectivity index (χ1v) is 12.3. The Balaban J connectivity index is 1.78. The molecular weight excluding hydrogens is 511 g/mol. The fourth-order valence-corrected chi connectivity index (χ4v) is 5.06. The lowest BCUT2D eigenvalue weighted by atomic mass is 9.85. The number of aryl methyl sites for hydroxylation is 1. The van der Waals surface area contributed by atoms with Gasteiger partial charge >= 0.3 is 5.69 Å². The molecule has 0 saturated heterocycles. The van der Waals surface area contributed by atoms with Gasteiger partial charge in [0.25, 0.3) is 5.56 Å². The zero-order valence-electron chi connectivity index (χ0n) is 19.9. The number of halogens is 2. The van der Waals surface area contributed by atoms with Gasteiger partial charge in [-0.05, 0) is 37.0 Å². The van der Waals surface area contributed by atoms with Crippen LogP contribution in [-0.4, -0.2) is 49.1 Å². The third kappa shape index (κ3) is 5.15. The summed E-state index contributed by atoms with van der Waals surface area (Å²) in [6.07, 6.45) is 2.20. The molecule has 1 saturated carbocycles. The number of aliphatic hydroxyl groups excluding tert-OH is 1. The number of fused-ring (bicyclic) bond motifs is 1. The number of nitrogens with one attached hydrogen (secondary N) is 1. The summed E-state index contributed by atoms with van der Waals surface area (Å²) in [6, 6.07) is 4.76. The summed E-state index contributed by atoms with van der Waals surface area (Å²) in [6.45, 7) is -0.363. The van der Waals surface area contributed by atoms with Gasteiger partial charge in [-0.15, -0.1) is 0 Å². The van der Waals surface area contributed by atoms with E-state index in [2.05, 4.69) is 10.3 Å². The highest BCUT2D eigenvalue weighted by molar-refractivity contribution is 6.42. The van der Waals surface area contributed by atoms with Crippen LogP contribution in [0.1, 0.15) is 31.2 Å². The van der Waals surface area contributed by atoms with Gasteiger partial charge in [-0.25, -0.2) is 4.79 Å². The molecule has 2 heterocycles. The number of amides is 1. The van der Waals surface area contributed by atoms with E-state index in [1.54, 1.807) is 18.2 Å². The number of hydrogen-bond acceptors (Lipinski definition) is 7. The first-order valence-electron chi connectivity index (χ1n) is 11.5. The average Bonchev–Trinajstić information content (AvgIpc) is 3.19. The van der Waals surface area contributed by atoms with Gasteiger partial charge in [0.15, 0.2) is 17.5 Å². The molecule has 13 heteroatoms. The number of benzene rings is 1. The molecule has 11 nitrogen and oxygen atoms in total. The third-order valence-electron chi connectivity index (χ3n) is 6.56. The van der Waals surface area contributed by atoms with Crippen molar-refractivity contribution in [3.05, 3.63) is 54.6 Å². The number of hydrogen-bond donors (Lipinski definition) is 3. The normalized spacial score (nSPS) is 18.9. The molecule has 1 fully saturated rings. The first-order chi connectivity index (χ1) is 17.1. The summed E-state index contributed by atoms with van der Waals surface area (Å²) in [7, 11) is 2.96. The van der Waals surface area contributed by atoms with E-state index in [9.17, 15) is 19.5 Å². The Hall–Kier alpha value is -2.86. The zero-order chi connectivity index (χ0) is 26.1. The molecule has 3 unspecified atom stereocenters. The summed E-state index contributed by atoms with van der Waals surface area (Å²) in [5.41, 5.74) is 5.11. The smallest absolute Gasteiger partial charge is 0.332 e. The molecule has 0 aliphatic heterocycles. The van der Waals surface area contributed by atoms with Gasteiger partial charge < -0.3 is 20.9 Å². The largest absolute Gasteiger partial charge is 0.368 e. The summed E-state index contributed by atoms with van der Waals surface area (Å²) in [5.74, 6) is -0.485. The van der Waals surface area contributed by atoms with Gasteiger partial charge in [0.05, 0.1) is 16.6 Å². The van der Waals surface area contributed by atoms with Crippen molar-refractivity contribution in [1.29, 1.82) is 0 Å². The van der Waals surface area contributed by atoms with Gasteiger partial charge in [-0.2, -0.15) is 4.98 Å². The van der Waals surface area contributed by atoms with E-state index in [0.717, 1.165) is 23.8 Å². The summed E-state index contributed by atoms with van der Waals surface area (Å²) < 4.78 is 8.80. The Labute approximate surface area is 216 Å². The van der Waals surface area contributed by atoms with Gasteiger partial charge in [-0.1, -0.05) is 35.7 Å². The fraction of sp³-hybridized carbons (Fsp3) is 0.478. The van der Waals surface area contributed by atoms with Gasteiger partial charge in [-0.3, -0.25) is 23.3 Å². The second-order valence-corrected chi connectivity index (χ2v) is 9.85. The number of aromatic nitrogens is 4. The predicted octanol–water partition coefficient (Wildman–Crippen LogP) is 1.67. The maximum absolute atomic E-state index is 13.5. The van der Waals surface area contributed by atoms with Gasteiger partial charge in [0.2, 0.25) is 11.9 Å². The number of anilines is 1. The van der Waals surface area contributed by atoms with Gasteiger partial charge in [0.1, 0.15) is 6.54 Å². The van der Waals surface area contributed by atoms with Crippen LogP contribution in [0.25, 0.3) is 11.2 Å². The van der Waals surface area contributed by atoms with Crippen molar-refractivity contribution in [2.75, 3.05) is 12.4 Å². The third-order valence-corrected chi connectivity index (χ3v) is 7.30. The van der Waals surface area contributed by atoms with Crippen LogP contribution in [0.2, 0.25) is 10.0 Å². The quantitative estimate of drug-likeness (QED) is 0.369. The van der Waals surface area contributed by atoms with E-state index >= 15 is 0 Å². The number of carbonyl (C=O) groups excluding carboxylic acids is 1. The van der Waals surface area contributed by atoms with Crippen molar-refractivity contribution in [2.45, 2.75) is 51.1 Å². The van der Waals surface area contributed by atoms with Gasteiger partial charge in [0, 0.05) is 26.1 Å². The van der Waals surface area contributed by atoms with Crippen LogP contribution in [-0.2, 0) is 29.7 Å². The van der Waals surface area contributed by atoms with E-state index in [1.807, 2.05) is 0 Å². The van der Waals surface area contributed by atoms with Crippen LogP contribution >= 0.6 is 23.2 Å². The van der Waals surface area contributed by atoms with E-state index in [-0.39, 0.29) is 42.2 Å². The van der Waals surface area contributed by atoms with Crippen LogP contribution in [0.15, 0.2) is 27.8 Å². The minimum Gasteiger partial charge on any atom is -0.368 e. The number of rotatable bonds is 8. The Morgan fingerprint density at radius 2 is 2.03 bits per heavy atom. The van der Waals surface area contributed by atoms with E-state index in [4.69, 9.17) is 33.7 Å². The molecule has 1 aliphatic rings. The highest BCUT2D eigenvalue weighted by Gasteiger charge is 2.29. The van der Waals surface area contributed by atoms with Crippen LogP contribution in [0.3, 0.4) is 0 Å². The number of ether oxygens (including phenoxy) is 1. The average molecular weight is 539 g/mol. The lowest BCUT2D eigenvalue weighted by Crippen LogP contribution is -2.40. The second-order valence-electron chi connectivity index (χ2n) is 9.04. The van der Waals surface area contributed by atoms with Crippen LogP contribution in [0.5, 0.6) is 0 Å². The molecule has 4 rings (SSSR count). The zero-order valence-corrected chi connectivity index (χ0v) is 21.4. The maximum atomic E-state index is 13.5. The minimum absolute atomic E-state index is 0.0535. The molecule has 4 N–H and O–H groups in total. The van der Waals surface area contributed by atoms with E-state index in [0.29, 0.717) is 22.0 Å². The second kappa shape index (κ2) is 10.6. The standard InChI is InChI=1S/C23H28Cl2N6O5/c1-29-19-18(20(33)31(23(29)35)10-12-6-7-15(24)16(25)8-12)30(11-17(26)32)22(28-19)27-14-5-3-4-13(9-14)21(34)36-2/h6-8,13-14,21,34H,3-5,9-11H2,1-2H3,(H2,26,32)(H,27,28). The molecule has 1 aliphatic carbocycles. The van der Waals surface area contributed by atoms with Crippen molar-refractivity contribution in [3.63, 3.8) is 0 Å². The highest BCUT2D eigenvalue weighted by atomic mass is 35.5. The Bertz CT molecular complexity index is 1410. The Kier molecular flexibility index (Phi) is 7.74. The van der Waals surface area contributed by atoms with Crippen molar-refractivity contribution in [3.8, 4) is 0 Å². The first kappa shape index (κ1) is 26.2. The molecule has 1 amide bonds. The maximum Gasteiger partial charge on any atom is 0.332 e. The monoisotopic (exact) mass is 538 g/mol. The number of nitrogens with zero attached hydrogens (tertiary/aromatic N) is 4. The lowest BCUT2D eigenvalue weighted by molar-refractivity contribution is -0.120. The van der Waals surface area contributed by atoms with Crippen molar-refractivity contribution in [1.82, 2.24) is 18.7 Å². The predicted molar refractivity (Wildman–Crippen MR) is 136 cm³/mol. The fourth-order valence-electron chi connectivity index (χ4n) is 4.74. The lowest BCUT2D eigenvalue weighted by Gasteiger charge is -2.32. The highest BCUT2D eigenvalue weighted by Crippen LogP contribution is 2.30. The minimum atomic E-state index is -0.881. The molecule has 1 aromatic carbocycles. The number of aliphatic hydroxyl groups is 1. The van der Waals surface area contributed by atoms with E-state index < -0.39 is 23.4 Å². The number of carbonyl (C=O) groups is 1.